The molecule has 5 heteroatoms. The van der Waals surface area contributed by atoms with Crippen LogP contribution in [0.1, 0.15) is 162 Å². The fourth-order valence-corrected chi connectivity index (χ4v) is 6.05. The highest BCUT2D eigenvalue weighted by atomic mass is 32.2. The number of thioether (sulfide) groups is 1. The summed E-state index contributed by atoms with van der Waals surface area (Å²) in [7, 11) is 0. The molecule has 0 aliphatic heterocycles. The highest BCUT2D eigenvalue weighted by Gasteiger charge is 2.31. The molecule has 0 rings (SSSR count). The number of hydrogen-bond acceptors (Lipinski definition) is 3. The van der Waals surface area contributed by atoms with Crippen LogP contribution in [0.25, 0.3) is 0 Å². The SMILES string of the molecule is CCCCCCCCCCCCC(CCCCCCCCCCCC)C(SC(C)C(=O)O)C(=O)O. The molecule has 2 N–H and O–H groups in total. The van der Waals surface area contributed by atoms with Crippen LogP contribution in [0.4, 0.5) is 0 Å². The Hall–Kier alpha value is -0.710. The van der Waals surface area contributed by atoms with Crippen molar-refractivity contribution < 1.29 is 19.8 Å². The van der Waals surface area contributed by atoms with Crippen molar-refractivity contribution in [3.05, 3.63) is 0 Å². The molecule has 2 atom stereocenters. The molecule has 2 unspecified atom stereocenters. The molecule has 208 valence electrons. The van der Waals surface area contributed by atoms with E-state index in [1.54, 1.807) is 6.92 Å². The zero-order valence-corrected chi connectivity index (χ0v) is 24.2. The van der Waals surface area contributed by atoms with Gasteiger partial charge in [0.15, 0.2) is 0 Å². The normalized spacial score (nSPS) is 13.3. The van der Waals surface area contributed by atoms with E-state index in [-0.39, 0.29) is 5.92 Å². The van der Waals surface area contributed by atoms with E-state index >= 15 is 0 Å². The molecule has 0 bridgehead atoms. The first-order valence-electron chi connectivity index (χ1n) is 15.0. The number of unbranched alkanes of at least 4 members (excludes halogenated alkanes) is 18. The van der Waals surface area contributed by atoms with E-state index < -0.39 is 22.4 Å². The van der Waals surface area contributed by atoms with Crippen LogP contribution in [0, 0.1) is 5.92 Å². The summed E-state index contributed by atoms with van der Waals surface area (Å²) in [5.74, 6) is -1.69. The van der Waals surface area contributed by atoms with Crippen LogP contribution >= 0.6 is 11.8 Å². The van der Waals surface area contributed by atoms with Crippen molar-refractivity contribution in [3.8, 4) is 0 Å². The molecule has 0 saturated heterocycles. The average molecular weight is 515 g/mol. The third-order valence-corrected chi connectivity index (χ3v) is 8.72. The molecule has 0 aromatic rings. The highest BCUT2D eigenvalue weighted by molar-refractivity contribution is 8.01. The maximum atomic E-state index is 12.0. The van der Waals surface area contributed by atoms with Crippen LogP contribution in [0.3, 0.4) is 0 Å². The lowest BCUT2D eigenvalue weighted by Crippen LogP contribution is -2.30. The minimum atomic E-state index is -0.919. The number of aliphatic carboxylic acids is 2. The summed E-state index contributed by atoms with van der Waals surface area (Å²) in [6.07, 6.45) is 27.3. The summed E-state index contributed by atoms with van der Waals surface area (Å²) in [5.41, 5.74) is 0. The lowest BCUT2D eigenvalue weighted by Gasteiger charge is -2.25. The molecule has 0 aliphatic rings. The van der Waals surface area contributed by atoms with Crippen molar-refractivity contribution in [2.24, 2.45) is 5.92 Å². The van der Waals surface area contributed by atoms with Gasteiger partial charge in [0.05, 0.1) is 0 Å². The second-order valence-corrected chi connectivity index (χ2v) is 12.1. The van der Waals surface area contributed by atoms with E-state index in [1.165, 1.54) is 103 Å². The molecular formula is C30H58O4S. The van der Waals surface area contributed by atoms with Crippen molar-refractivity contribution in [3.63, 3.8) is 0 Å². The minimum Gasteiger partial charge on any atom is -0.480 e. The average Bonchev–Trinajstić information content (AvgIpc) is 2.83. The molecule has 0 aromatic heterocycles. The van der Waals surface area contributed by atoms with Gasteiger partial charge in [-0.25, -0.2) is 0 Å². The number of carboxylic acid groups (broad SMARTS) is 2. The minimum absolute atomic E-state index is 0.0717. The Bertz CT molecular complexity index is 473. The first kappa shape index (κ1) is 34.3. The summed E-state index contributed by atoms with van der Waals surface area (Å²) >= 11 is 1.13. The maximum absolute atomic E-state index is 12.0. The van der Waals surface area contributed by atoms with Crippen LogP contribution in [0.5, 0.6) is 0 Å². The van der Waals surface area contributed by atoms with Gasteiger partial charge in [-0.05, 0) is 25.7 Å². The van der Waals surface area contributed by atoms with Gasteiger partial charge < -0.3 is 10.2 Å². The third-order valence-electron chi connectivity index (χ3n) is 7.23. The summed E-state index contributed by atoms with van der Waals surface area (Å²) in [4.78, 5) is 23.4. The monoisotopic (exact) mass is 514 g/mol. The van der Waals surface area contributed by atoms with Gasteiger partial charge >= 0.3 is 11.9 Å². The summed E-state index contributed by atoms with van der Waals surface area (Å²) in [5, 5.41) is 17.9. The van der Waals surface area contributed by atoms with Crippen molar-refractivity contribution in [1.82, 2.24) is 0 Å². The Labute approximate surface area is 221 Å². The Morgan fingerprint density at radius 3 is 1.14 bits per heavy atom. The molecule has 4 nitrogen and oxygen atoms in total. The topological polar surface area (TPSA) is 74.6 Å². The van der Waals surface area contributed by atoms with Crippen molar-refractivity contribution in [1.29, 1.82) is 0 Å². The Morgan fingerprint density at radius 1 is 0.543 bits per heavy atom. The molecule has 0 spiro atoms. The van der Waals surface area contributed by atoms with Gasteiger partial charge in [-0.3, -0.25) is 9.59 Å². The van der Waals surface area contributed by atoms with Crippen LogP contribution < -0.4 is 0 Å². The molecule has 0 fully saturated rings. The van der Waals surface area contributed by atoms with Crippen LogP contribution in [-0.4, -0.2) is 32.7 Å². The zero-order valence-electron chi connectivity index (χ0n) is 23.4. The fraction of sp³-hybridized carbons (Fsp3) is 0.933. The van der Waals surface area contributed by atoms with Gasteiger partial charge in [-0.1, -0.05) is 142 Å². The first-order chi connectivity index (χ1) is 16.9. The Balaban J connectivity index is 4.36. The van der Waals surface area contributed by atoms with E-state index in [9.17, 15) is 19.8 Å². The Kier molecular flexibility index (Phi) is 24.5. The first-order valence-corrected chi connectivity index (χ1v) is 16.0. The zero-order chi connectivity index (χ0) is 26.2. The fourth-order valence-electron chi connectivity index (χ4n) is 4.88. The van der Waals surface area contributed by atoms with Gasteiger partial charge in [0.25, 0.3) is 0 Å². The second-order valence-electron chi connectivity index (χ2n) is 10.6. The molecule has 0 radical (unpaired) electrons. The van der Waals surface area contributed by atoms with Gasteiger partial charge in [-0.15, -0.1) is 11.8 Å². The number of rotatable bonds is 27. The number of hydrogen-bond donors (Lipinski definition) is 2. The van der Waals surface area contributed by atoms with Gasteiger partial charge in [0, 0.05) is 0 Å². The second kappa shape index (κ2) is 25.0. The smallest absolute Gasteiger partial charge is 0.316 e. The van der Waals surface area contributed by atoms with Gasteiger partial charge in [0.1, 0.15) is 10.5 Å². The lowest BCUT2D eigenvalue weighted by atomic mass is 9.91. The quantitative estimate of drug-likeness (QED) is 0.107. The summed E-state index contributed by atoms with van der Waals surface area (Å²) in [6, 6.07) is 0. The molecule has 35 heavy (non-hydrogen) atoms. The summed E-state index contributed by atoms with van der Waals surface area (Å²) in [6.45, 7) is 6.11. The van der Waals surface area contributed by atoms with Crippen LogP contribution in [0.2, 0.25) is 0 Å². The number of carboxylic acids is 2. The maximum Gasteiger partial charge on any atom is 0.316 e. The molecule has 0 amide bonds. The third kappa shape index (κ3) is 21.1. The molecular weight excluding hydrogens is 456 g/mol. The molecule has 0 saturated carbocycles. The number of carbonyl (C=O) groups is 2. The Morgan fingerprint density at radius 2 is 0.857 bits per heavy atom. The van der Waals surface area contributed by atoms with Crippen LogP contribution in [-0.2, 0) is 9.59 Å². The molecule has 0 aromatic carbocycles. The van der Waals surface area contributed by atoms with Crippen LogP contribution in [0.15, 0.2) is 0 Å². The standard InChI is InChI=1S/C30H58O4S/c1-4-6-8-10-12-14-16-18-20-22-24-27(28(30(33)34)35-26(3)29(31)32)25-23-21-19-17-15-13-11-9-7-5-2/h26-28H,4-25H2,1-3H3,(H,31,32)(H,33,34). The molecule has 0 aliphatic carbocycles. The predicted molar refractivity (Wildman–Crippen MR) is 153 cm³/mol. The van der Waals surface area contributed by atoms with Crippen molar-refractivity contribution in [2.45, 2.75) is 173 Å². The summed E-state index contributed by atoms with van der Waals surface area (Å²) < 4.78 is 0. The van der Waals surface area contributed by atoms with E-state index in [2.05, 4.69) is 13.8 Å². The highest BCUT2D eigenvalue weighted by Crippen LogP contribution is 2.32. The van der Waals surface area contributed by atoms with Gasteiger partial charge in [0.2, 0.25) is 0 Å². The molecule has 0 heterocycles. The largest absolute Gasteiger partial charge is 0.480 e. The van der Waals surface area contributed by atoms with Crippen molar-refractivity contribution >= 4 is 23.7 Å². The van der Waals surface area contributed by atoms with Gasteiger partial charge in [-0.2, -0.15) is 0 Å². The van der Waals surface area contributed by atoms with E-state index in [0.717, 1.165) is 50.3 Å². The van der Waals surface area contributed by atoms with Crippen molar-refractivity contribution in [2.75, 3.05) is 0 Å². The lowest BCUT2D eigenvalue weighted by molar-refractivity contribution is -0.137. The van der Waals surface area contributed by atoms with E-state index in [0.29, 0.717) is 0 Å². The predicted octanol–water partition coefficient (Wildman–Crippen LogP) is 9.88. The van der Waals surface area contributed by atoms with E-state index in [4.69, 9.17) is 0 Å². The van der Waals surface area contributed by atoms with E-state index in [1.807, 2.05) is 0 Å².